The van der Waals surface area contributed by atoms with E-state index in [1.807, 2.05) is 24.3 Å². The SMILES string of the molecule is CN1CCC(Oc2cc(-c3cc(F)cc(C4=CCCC4)c3N)ccn2)CC1.CN1CCC(Oc2cc(-c3cc(F)cc(C4CCCC4)c3N)ccn2)CC1. The van der Waals surface area contributed by atoms with E-state index in [1.165, 1.54) is 25.0 Å². The lowest BCUT2D eigenvalue weighted by atomic mass is 9.91. The Morgan fingerprint density at radius 3 is 1.65 bits per heavy atom. The van der Waals surface area contributed by atoms with E-state index in [1.54, 1.807) is 24.5 Å². The maximum Gasteiger partial charge on any atom is 0.214 e. The molecule has 4 N–H and O–H groups in total. The minimum absolute atomic E-state index is 0.174. The second-order valence-electron chi connectivity index (χ2n) is 15.5. The summed E-state index contributed by atoms with van der Waals surface area (Å²) in [5, 5.41) is 0. The summed E-state index contributed by atoms with van der Waals surface area (Å²) in [5.74, 6) is 1.05. The lowest BCUT2D eigenvalue weighted by Gasteiger charge is -2.29. The number of nitrogens with two attached hydrogens (primary N) is 2. The van der Waals surface area contributed by atoms with Gasteiger partial charge in [-0.15, -0.1) is 0 Å². The molecule has 0 radical (unpaired) electrons. The molecule has 10 heteroatoms. The van der Waals surface area contributed by atoms with Crippen molar-refractivity contribution >= 4 is 16.9 Å². The molecule has 0 atom stereocenters. The largest absolute Gasteiger partial charge is 0.474 e. The van der Waals surface area contributed by atoms with E-state index in [2.05, 4.69) is 39.9 Å². The molecule has 3 fully saturated rings. The maximum atomic E-state index is 14.3. The second-order valence-corrected chi connectivity index (χ2v) is 15.5. The van der Waals surface area contributed by atoms with Crippen LogP contribution in [0.3, 0.4) is 0 Å². The van der Waals surface area contributed by atoms with Crippen molar-refractivity contribution in [2.45, 2.75) is 88.8 Å². The van der Waals surface area contributed by atoms with E-state index < -0.39 is 0 Å². The predicted molar refractivity (Wildman–Crippen MR) is 213 cm³/mol. The Kier molecular flexibility index (Phi) is 12.1. The van der Waals surface area contributed by atoms with Crippen LogP contribution in [0.4, 0.5) is 20.2 Å². The molecule has 2 aromatic heterocycles. The summed E-state index contributed by atoms with van der Waals surface area (Å²) in [6.45, 7) is 4.12. The zero-order chi connectivity index (χ0) is 37.6. The fraction of sp³-hybridized carbons (Fsp3) is 0.455. The molecule has 2 aliphatic carbocycles. The number of hydrogen-bond donors (Lipinski definition) is 2. The van der Waals surface area contributed by atoms with Gasteiger partial charge in [-0.1, -0.05) is 18.9 Å². The minimum Gasteiger partial charge on any atom is -0.474 e. The van der Waals surface area contributed by atoms with Crippen molar-refractivity contribution in [3.05, 3.63) is 89.8 Å². The molecule has 4 heterocycles. The van der Waals surface area contributed by atoms with Gasteiger partial charge in [0.15, 0.2) is 0 Å². The molecule has 2 aromatic carbocycles. The summed E-state index contributed by atoms with van der Waals surface area (Å²) < 4.78 is 40.8. The molecule has 8 rings (SSSR count). The highest BCUT2D eigenvalue weighted by atomic mass is 19.1. The normalized spacial score (nSPS) is 19.0. The Bertz CT molecular complexity index is 1930. The lowest BCUT2D eigenvalue weighted by molar-refractivity contribution is 0.110. The number of hydrogen-bond acceptors (Lipinski definition) is 8. The van der Waals surface area contributed by atoms with E-state index in [0.717, 1.165) is 117 Å². The van der Waals surface area contributed by atoms with Crippen LogP contribution in [0.2, 0.25) is 0 Å². The average Bonchev–Trinajstić information content (AvgIpc) is 3.92. The maximum absolute atomic E-state index is 14.3. The molecule has 0 unspecified atom stereocenters. The van der Waals surface area contributed by atoms with Crippen LogP contribution in [0.25, 0.3) is 27.8 Å². The highest BCUT2D eigenvalue weighted by Crippen LogP contribution is 2.42. The number of benzene rings is 2. The zero-order valence-corrected chi connectivity index (χ0v) is 31.7. The van der Waals surface area contributed by atoms with Gasteiger partial charge >= 0.3 is 0 Å². The van der Waals surface area contributed by atoms with Gasteiger partial charge in [-0.25, -0.2) is 18.7 Å². The Morgan fingerprint density at radius 1 is 0.630 bits per heavy atom. The van der Waals surface area contributed by atoms with Crippen LogP contribution in [0.5, 0.6) is 11.8 Å². The Hall–Kier alpha value is -4.54. The first-order valence-electron chi connectivity index (χ1n) is 19.7. The fourth-order valence-corrected chi connectivity index (χ4v) is 8.32. The lowest BCUT2D eigenvalue weighted by Crippen LogP contribution is -2.35. The molecule has 4 aliphatic rings. The van der Waals surface area contributed by atoms with Crippen molar-refractivity contribution in [3.8, 4) is 34.0 Å². The highest BCUT2D eigenvalue weighted by Gasteiger charge is 2.24. The van der Waals surface area contributed by atoms with E-state index in [4.69, 9.17) is 20.9 Å². The van der Waals surface area contributed by atoms with Crippen molar-refractivity contribution < 1.29 is 18.3 Å². The summed E-state index contributed by atoms with van der Waals surface area (Å²) in [4.78, 5) is 13.3. The van der Waals surface area contributed by atoms with E-state index in [-0.39, 0.29) is 23.8 Å². The fourth-order valence-electron chi connectivity index (χ4n) is 8.32. The standard InChI is InChI=1S/C22H28FN3O.C22H26FN3O/c2*1-26-10-7-18(8-11-26)27-21-12-16(6-9-25-21)20-14-17(23)13-19(22(20)24)15-4-2-3-5-15/h6,9,12-15,18H,2-5,7-8,10-11,24H2,1H3;4,6,9,12-14,18H,2-3,5,7-8,10-11,24H2,1H3. The van der Waals surface area contributed by atoms with E-state index >= 15 is 0 Å². The number of rotatable bonds is 8. The third-order valence-corrected chi connectivity index (χ3v) is 11.5. The first-order valence-corrected chi connectivity index (χ1v) is 19.7. The quantitative estimate of drug-likeness (QED) is 0.173. The minimum atomic E-state index is -0.267. The van der Waals surface area contributed by atoms with Crippen LogP contribution in [-0.2, 0) is 0 Å². The van der Waals surface area contributed by atoms with Crippen molar-refractivity contribution in [2.24, 2.45) is 0 Å². The number of piperidine rings is 2. The smallest absolute Gasteiger partial charge is 0.214 e. The number of nitrogens with zero attached hydrogens (tertiary/aromatic N) is 4. The summed E-state index contributed by atoms with van der Waals surface area (Å²) >= 11 is 0. The van der Waals surface area contributed by atoms with Crippen LogP contribution >= 0.6 is 0 Å². The third-order valence-electron chi connectivity index (χ3n) is 11.5. The first-order chi connectivity index (χ1) is 26.2. The monoisotopic (exact) mass is 736 g/mol. The number of nitrogen functional groups attached to an aromatic ring is 2. The van der Waals surface area contributed by atoms with Crippen molar-refractivity contribution in [3.63, 3.8) is 0 Å². The number of ether oxygens (including phenoxy) is 2. The van der Waals surface area contributed by atoms with Gasteiger partial charge in [-0.05, 0) is 136 Å². The van der Waals surface area contributed by atoms with Crippen LogP contribution < -0.4 is 20.9 Å². The van der Waals surface area contributed by atoms with Crippen LogP contribution in [0.1, 0.15) is 87.7 Å². The van der Waals surface area contributed by atoms with Gasteiger partial charge < -0.3 is 30.7 Å². The van der Waals surface area contributed by atoms with Crippen LogP contribution in [-0.4, -0.2) is 72.3 Å². The third kappa shape index (κ3) is 9.21. The summed E-state index contributed by atoms with van der Waals surface area (Å²) in [6, 6.07) is 13.7. The summed E-state index contributed by atoms with van der Waals surface area (Å²) in [7, 11) is 4.25. The number of allylic oxidation sites excluding steroid dienone is 2. The molecule has 2 saturated heterocycles. The molecule has 286 valence electrons. The second kappa shape index (κ2) is 17.3. The highest BCUT2D eigenvalue weighted by molar-refractivity contribution is 5.87. The number of halogens is 2. The number of anilines is 2. The van der Waals surface area contributed by atoms with E-state index in [9.17, 15) is 8.78 Å². The van der Waals surface area contributed by atoms with Crippen LogP contribution in [0, 0.1) is 11.6 Å². The van der Waals surface area contributed by atoms with Gasteiger partial charge in [0.25, 0.3) is 0 Å². The van der Waals surface area contributed by atoms with Gasteiger partial charge in [0, 0.05) is 78.8 Å². The topological polar surface area (TPSA) is 103 Å². The average molecular weight is 737 g/mol. The van der Waals surface area contributed by atoms with Crippen LogP contribution in [0.15, 0.2) is 67.0 Å². The van der Waals surface area contributed by atoms with Crippen molar-refractivity contribution in [1.82, 2.24) is 19.8 Å². The number of aromatic nitrogens is 2. The zero-order valence-electron chi connectivity index (χ0n) is 31.7. The Balaban J connectivity index is 0.000000167. The van der Waals surface area contributed by atoms with Gasteiger partial charge in [0.1, 0.15) is 23.8 Å². The molecular weight excluding hydrogens is 683 g/mol. The number of likely N-dealkylation sites (tertiary alicyclic amines) is 2. The molecule has 0 amide bonds. The van der Waals surface area contributed by atoms with Gasteiger partial charge in [-0.2, -0.15) is 0 Å². The molecule has 2 aliphatic heterocycles. The summed E-state index contributed by atoms with van der Waals surface area (Å²) in [6.07, 6.45) is 17.6. The van der Waals surface area contributed by atoms with Gasteiger partial charge in [-0.3, -0.25) is 0 Å². The first kappa shape index (κ1) is 37.8. The van der Waals surface area contributed by atoms with Gasteiger partial charge in [0.05, 0.1) is 0 Å². The predicted octanol–water partition coefficient (Wildman–Crippen LogP) is 9.11. The molecule has 4 aromatic rings. The van der Waals surface area contributed by atoms with Gasteiger partial charge in [0.2, 0.25) is 11.8 Å². The Labute approximate surface area is 318 Å². The summed E-state index contributed by atoms with van der Waals surface area (Å²) in [5.41, 5.74) is 20.3. The number of pyridine rings is 2. The molecule has 0 spiro atoms. The molecule has 54 heavy (non-hydrogen) atoms. The van der Waals surface area contributed by atoms with Crippen molar-refractivity contribution in [2.75, 3.05) is 51.7 Å². The molecule has 8 nitrogen and oxygen atoms in total. The van der Waals surface area contributed by atoms with Crippen molar-refractivity contribution in [1.29, 1.82) is 0 Å². The van der Waals surface area contributed by atoms with E-state index in [0.29, 0.717) is 34.6 Å². The molecule has 1 saturated carbocycles. The Morgan fingerprint density at radius 2 is 1.13 bits per heavy atom. The molecule has 0 bridgehead atoms. The molecular formula is C44H54F2N6O2.